The number of carbonyl (C=O) groups is 1. The summed E-state index contributed by atoms with van der Waals surface area (Å²) in [5.41, 5.74) is -0.528. The van der Waals surface area contributed by atoms with Gasteiger partial charge < -0.3 is 9.47 Å². The van der Waals surface area contributed by atoms with Crippen LogP contribution in [-0.2, 0) is 25.1 Å². The molecular formula is C12H22O4S. The zero-order valence-corrected chi connectivity index (χ0v) is 11.8. The van der Waals surface area contributed by atoms with Crippen LogP contribution in [0.1, 0.15) is 40.5 Å². The van der Waals surface area contributed by atoms with Crippen molar-refractivity contribution in [3.05, 3.63) is 0 Å². The quantitative estimate of drug-likeness (QED) is 0.723. The zero-order valence-electron chi connectivity index (χ0n) is 11.0. The average Bonchev–Trinajstić information content (AvgIpc) is 2.66. The fourth-order valence-corrected chi connectivity index (χ4v) is 2.78. The third kappa shape index (κ3) is 5.17. The molecule has 0 aliphatic carbocycles. The highest BCUT2D eigenvalue weighted by molar-refractivity contribution is 7.86. The van der Waals surface area contributed by atoms with E-state index in [0.29, 0.717) is 5.75 Å². The summed E-state index contributed by atoms with van der Waals surface area (Å²) < 4.78 is 22.6. The fraction of sp³-hybridized carbons (Fsp3) is 0.917. The number of hydrogen-bond acceptors (Lipinski definition) is 4. The van der Waals surface area contributed by atoms with E-state index in [1.165, 1.54) is 0 Å². The molecule has 5 heteroatoms. The first-order valence-corrected chi connectivity index (χ1v) is 7.39. The molecule has 17 heavy (non-hydrogen) atoms. The van der Waals surface area contributed by atoms with Crippen LogP contribution in [-0.4, -0.2) is 39.5 Å². The van der Waals surface area contributed by atoms with Gasteiger partial charge in [-0.1, -0.05) is 0 Å². The third-order valence-corrected chi connectivity index (χ3v) is 4.19. The van der Waals surface area contributed by atoms with Gasteiger partial charge in [-0.2, -0.15) is 0 Å². The SMILES string of the molecule is CC(C(=O)OC(C)(C)C)S(=O)CC1CCCO1. The van der Waals surface area contributed by atoms with Crippen molar-refractivity contribution in [2.75, 3.05) is 12.4 Å². The summed E-state index contributed by atoms with van der Waals surface area (Å²) in [7, 11) is -1.22. The van der Waals surface area contributed by atoms with E-state index in [2.05, 4.69) is 0 Å². The largest absolute Gasteiger partial charge is 0.459 e. The highest BCUT2D eigenvalue weighted by Crippen LogP contribution is 2.16. The van der Waals surface area contributed by atoms with Gasteiger partial charge in [-0.05, 0) is 40.5 Å². The maximum atomic E-state index is 12.0. The molecule has 0 saturated carbocycles. The highest BCUT2D eigenvalue weighted by Gasteiger charge is 2.28. The minimum absolute atomic E-state index is 0.0423. The summed E-state index contributed by atoms with van der Waals surface area (Å²) in [5.74, 6) is 0.0364. The van der Waals surface area contributed by atoms with Crippen molar-refractivity contribution >= 4 is 16.8 Å². The Balaban J connectivity index is 2.42. The summed E-state index contributed by atoms with van der Waals surface area (Å²) in [6, 6.07) is 0. The van der Waals surface area contributed by atoms with Crippen LogP contribution in [0.15, 0.2) is 0 Å². The number of ether oxygens (including phenoxy) is 2. The number of rotatable bonds is 4. The monoisotopic (exact) mass is 262 g/mol. The van der Waals surface area contributed by atoms with Crippen molar-refractivity contribution in [2.24, 2.45) is 0 Å². The molecule has 0 N–H and O–H groups in total. The van der Waals surface area contributed by atoms with E-state index in [1.54, 1.807) is 27.7 Å². The summed E-state index contributed by atoms with van der Waals surface area (Å²) in [5, 5.41) is -0.585. The van der Waals surface area contributed by atoms with Gasteiger partial charge in [-0.3, -0.25) is 9.00 Å². The van der Waals surface area contributed by atoms with E-state index in [-0.39, 0.29) is 6.10 Å². The van der Waals surface area contributed by atoms with Crippen molar-refractivity contribution in [3.8, 4) is 0 Å². The third-order valence-electron chi connectivity index (χ3n) is 2.51. The van der Waals surface area contributed by atoms with Gasteiger partial charge in [0, 0.05) is 17.4 Å². The van der Waals surface area contributed by atoms with E-state index in [1.807, 2.05) is 0 Å². The number of esters is 1. The maximum absolute atomic E-state index is 12.0. The second-order valence-electron chi connectivity index (χ2n) is 5.36. The molecule has 0 aromatic rings. The molecule has 1 rings (SSSR count). The van der Waals surface area contributed by atoms with E-state index < -0.39 is 27.6 Å². The second-order valence-corrected chi connectivity index (χ2v) is 7.16. The van der Waals surface area contributed by atoms with Crippen molar-refractivity contribution in [2.45, 2.75) is 57.5 Å². The lowest BCUT2D eigenvalue weighted by atomic mass is 10.2. The summed E-state index contributed by atoms with van der Waals surface area (Å²) in [6.45, 7) is 7.81. The first-order chi connectivity index (χ1) is 7.79. The predicted octanol–water partition coefficient (Wildman–Crippen LogP) is 1.64. The molecule has 0 aromatic carbocycles. The van der Waals surface area contributed by atoms with E-state index in [4.69, 9.17) is 9.47 Å². The molecule has 0 radical (unpaired) electrons. The molecule has 1 heterocycles. The molecule has 4 nitrogen and oxygen atoms in total. The lowest BCUT2D eigenvalue weighted by Crippen LogP contribution is -2.35. The topological polar surface area (TPSA) is 52.6 Å². The molecule has 3 atom stereocenters. The molecule has 0 aromatic heterocycles. The van der Waals surface area contributed by atoms with Gasteiger partial charge in [0.2, 0.25) is 0 Å². The first kappa shape index (κ1) is 14.6. The molecule has 1 aliphatic heterocycles. The van der Waals surface area contributed by atoms with Crippen molar-refractivity contribution in [3.63, 3.8) is 0 Å². The summed E-state index contributed by atoms with van der Waals surface area (Å²) >= 11 is 0. The standard InChI is InChI=1S/C12H22O4S/c1-9(11(13)16-12(2,3)4)17(14)8-10-6-5-7-15-10/h9-10H,5-8H2,1-4H3. The Morgan fingerprint density at radius 1 is 1.53 bits per heavy atom. The van der Waals surface area contributed by atoms with Gasteiger partial charge in [0.05, 0.1) is 11.9 Å². The van der Waals surface area contributed by atoms with Crippen LogP contribution < -0.4 is 0 Å². The molecule has 100 valence electrons. The van der Waals surface area contributed by atoms with Crippen molar-refractivity contribution < 1.29 is 18.5 Å². The van der Waals surface area contributed by atoms with Crippen LogP contribution in [0.4, 0.5) is 0 Å². The van der Waals surface area contributed by atoms with Crippen LogP contribution in [0.25, 0.3) is 0 Å². The number of carbonyl (C=O) groups excluding carboxylic acids is 1. The van der Waals surface area contributed by atoms with Gasteiger partial charge in [0.1, 0.15) is 10.9 Å². The molecule has 0 bridgehead atoms. The Morgan fingerprint density at radius 3 is 2.65 bits per heavy atom. The van der Waals surface area contributed by atoms with Crippen LogP contribution in [0.5, 0.6) is 0 Å². The highest BCUT2D eigenvalue weighted by atomic mass is 32.2. The van der Waals surface area contributed by atoms with E-state index in [0.717, 1.165) is 19.4 Å². The lowest BCUT2D eigenvalue weighted by molar-refractivity contribution is -0.153. The summed E-state index contributed by atoms with van der Waals surface area (Å²) in [6.07, 6.45) is 2.00. The molecule has 0 amide bonds. The molecular weight excluding hydrogens is 240 g/mol. The Labute approximate surface area is 106 Å². The van der Waals surface area contributed by atoms with Gasteiger partial charge in [-0.15, -0.1) is 0 Å². The molecule has 1 saturated heterocycles. The molecule has 3 unspecified atom stereocenters. The molecule has 0 spiro atoms. The Morgan fingerprint density at radius 2 is 2.18 bits per heavy atom. The Hall–Kier alpha value is -0.420. The van der Waals surface area contributed by atoms with Gasteiger partial charge in [-0.25, -0.2) is 0 Å². The van der Waals surface area contributed by atoms with Gasteiger partial charge >= 0.3 is 5.97 Å². The maximum Gasteiger partial charge on any atom is 0.321 e. The van der Waals surface area contributed by atoms with Crippen LogP contribution in [0.2, 0.25) is 0 Å². The smallest absolute Gasteiger partial charge is 0.321 e. The second kappa shape index (κ2) is 5.96. The van der Waals surface area contributed by atoms with Gasteiger partial charge in [0.25, 0.3) is 0 Å². The number of hydrogen-bond donors (Lipinski definition) is 0. The van der Waals surface area contributed by atoms with Crippen LogP contribution >= 0.6 is 0 Å². The fourth-order valence-electron chi connectivity index (χ4n) is 1.60. The molecule has 1 fully saturated rings. The normalized spacial score (nSPS) is 24.4. The summed E-state index contributed by atoms with van der Waals surface area (Å²) in [4.78, 5) is 11.7. The zero-order chi connectivity index (χ0) is 13.1. The molecule has 1 aliphatic rings. The van der Waals surface area contributed by atoms with Crippen molar-refractivity contribution in [1.29, 1.82) is 0 Å². The van der Waals surface area contributed by atoms with E-state index in [9.17, 15) is 9.00 Å². The predicted molar refractivity (Wildman–Crippen MR) is 67.3 cm³/mol. The minimum atomic E-state index is -1.22. The minimum Gasteiger partial charge on any atom is -0.459 e. The Kier molecular flexibility index (Phi) is 5.13. The average molecular weight is 262 g/mol. The van der Waals surface area contributed by atoms with E-state index >= 15 is 0 Å². The van der Waals surface area contributed by atoms with Crippen LogP contribution in [0, 0.1) is 0 Å². The first-order valence-electron chi connectivity index (χ1n) is 6.01. The van der Waals surface area contributed by atoms with Crippen molar-refractivity contribution in [1.82, 2.24) is 0 Å². The lowest BCUT2D eigenvalue weighted by Gasteiger charge is -2.22. The van der Waals surface area contributed by atoms with Crippen LogP contribution in [0.3, 0.4) is 0 Å². The Bertz CT molecular complexity index is 289. The van der Waals surface area contributed by atoms with Gasteiger partial charge in [0.15, 0.2) is 0 Å².